The van der Waals surface area contributed by atoms with Gasteiger partial charge in [-0.15, -0.1) is 0 Å². The Hall–Kier alpha value is -2.01. The van der Waals surface area contributed by atoms with Gasteiger partial charge in [0.15, 0.2) is 6.10 Å². The van der Waals surface area contributed by atoms with Gasteiger partial charge in [0, 0.05) is 5.02 Å². The topological polar surface area (TPSA) is 140 Å². The molecule has 1 aliphatic heterocycles. The number of amides is 1. The molecular formula is C17H22BCl2N3O6. The number of carboxylic acids is 1. The molecule has 0 bridgehead atoms. The van der Waals surface area contributed by atoms with Crippen LogP contribution in [0.5, 0.6) is 0 Å². The third kappa shape index (κ3) is 6.50. The minimum atomic E-state index is -1.56. The van der Waals surface area contributed by atoms with Crippen molar-refractivity contribution in [3.05, 3.63) is 28.2 Å². The molecule has 1 aliphatic rings. The quantitative estimate of drug-likeness (QED) is 0.439. The van der Waals surface area contributed by atoms with Gasteiger partial charge in [-0.05, 0) is 30.5 Å². The molecular weight excluding hydrogens is 424 g/mol. The van der Waals surface area contributed by atoms with Gasteiger partial charge in [0.25, 0.3) is 0 Å². The lowest BCUT2D eigenvalue weighted by Crippen LogP contribution is -2.63. The highest BCUT2D eigenvalue weighted by molar-refractivity contribution is 6.50. The number of benzene rings is 1. The molecule has 0 spiro atoms. The maximum atomic E-state index is 12.4. The fourth-order valence-electron chi connectivity index (χ4n) is 2.77. The number of hydrogen-bond donors (Lipinski definition) is 4. The van der Waals surface area contributed by atoms with Crippen LogP contribution in [0.1, 0.15) is 20.3 Å². The molecule has 0 unspecified atom stereocenters. The lowest BCUT2D eigenvalue weighted by molar-refractivity contribution is -0.159. The van der Waals surface area contributed by atoms with Crippen LogP contribution in [0.15, 0.2) is 18.2 Å². The van der Waals surface area contributed by atoms with Gasteiger partial charge in [0.2, 0.25) is 5.91 Å². The SMILES string of the molecule is CC(C)C[C@H](NC(=O)CNc1cc(Cl)ccc1Cl)B1OC(=O)[C@@H](N)[C@H](C(=O)O)O1. The summed E-state index contributed by atoms with van der Waals surface area (Å²) in [6.07, 6.45) is -1.18. The second-order valence-corrected chi connectivity index (χ2v) is 7.85. The van der Waals surface area contributed by atoms with E-state index in [-0.39, 0.29) is 12.5 Å². The van der Waals surface area contributed by atoms with E-state index < -0.39 is 43.1 Å². The predicted molar refractivity (Wildman–Crippen MR) is 109 cm³/mol. The Kier molecular flexibility index (Phi) is 8.15. The predicted octanol–water partition coefficient (Wildman–Crippen LogP) is 1.32. The molecule has 1 saturated heterocycles. The van der Waals surface area contributed by atoms with Crippen molar-refractivity contribution in [2.75, 3.05) is 11.9 Å². The lowest BCUT2D eigenvalue weighted by atomic mass is 9.72. The Balaban J connectivity index is 2.05. The molecule has 12 heteroatoms. The lowest BCUT2D eigenvalue weighted by Gasteiger charge is -2.33. The first-order chi connectivity index (χ1) is 13.6. The molecule has 1 amide bonds. The zero-order valence-corrected chi connectivity index (χ0v) is 17.4. The van der Waals surface area contributed by atoms with Gasteiger partial charge in [-0.1, -0.05) is 37.0 Å². The number of nitrogens with one attached hydrogen (secondary N) is 2. The number of carbonyl (C=O) groups excluding carboxylic acids is 2. The van der Waals surface area contributed by atoms with Crippen molar-refractivity contribution in [1.82, 2.24) is 5.32 Å². The molecule has 0 radical (unpaired) electrons. The fourth-order valence-corrected chi connectivity index (χ4v) is 3.13. The summed E-state index contributed by atoms with van der Waals surface area (Å²) in [4.78, 5) is 35.7. The van der Waals surface area contributed by atoms with Crippen molar-refractivity contribution >= 4 is 53.9 Å². The van der Waals surface area contributed by atoms with Crippen LogP contribution in [-0.2, 0) is 23.7 Å². The molecule has 0 aliphatic carbocycles. The van der Waals surface area contributed by atoms with E-state index in [1.807, 2.05) is 13.8 Å². The molecule has 5 N–H and O–H groups in total. The van der Waals surface area contributed by atoms with E-state index in [1.165, 1.54) is 0 Å². The van der Waals surface area contributed by atoms with Crippen LogP contribution in [0.2, 0.25) is 10.0 Å². The second-order valence-electron chi connectivity index (χ2n) is 7.01. The van der Waals surface area contributed by atoms with Gasteiger partial charge in [-0.2, -0.15) is 0 Å². The van der Waals surface area contributed by atoms with Crippen LogP contribution in [0.3, 0.4) is 0 Å². The average Bonchev–Trinajstić information content (AvgIpc) is 2.63. The maximum Gasteiger partial charge on any atom is 0.552 e. The summed E-state index contributed by atoms with van der Waals surface area (Å²) in [5.41, 5.74) is 6.00. The van der Waals surface area contributed by atoms with Crippen molar-refractivity contribution in [1.29, 1.82) is 0 Å². The minimum Gasteiger partial charge on any atom is -0.507 e. The summed E-state index contributed by atoms with van der Waals surface area (Å²) < 4.78 is 10.5. The highest BCUT2D eigenvalue weighted by Gasteiger charge is 2.48. The Bertz CT molecular complexity index is 782. The number of halogens is 2. The fraction of sp³-hybridized carbons (Fsp3) is 0.471. The Labute approximate surface area is 178 Å². The number of carbonyl (C=O) groups is 3. The van der Waals surface area contributed by atoms with Crippen LogP contribution in [0.25, 0.3) is 0 Å². The zero-order chi connectivity index (χ0) is 21.7. The number of nitrogens with two attached hydrogens (primary N) is 1. The molecule has 1 aromatic carbocycles. The molecule has 0 saturated carbocycles. The van der Waals surface area contributed by atoms with Crippen LogP contribution in [-0.4, -0.2) is 54.7 Å². The summed E-state index contributed by atoms with van der Waals surface area (Å²) in [6, 6.07) is 3.35. The van der Waals surface area contributed by atoms with Gasteiger partial charge >= 0.3 is 19.1 Å². The summed E-state index contributed by atoms with van der Waals surface area (Å²) in [5.74, 6) is -3.39. The minimum absolute atomic E-state index is 0.0943. The average molecular weight is 446 g/mol. The number of carboxylic acid groups (broad SMARTS) is 1. The van der Waals surface area contributed by atoms with Gasteiger partial charge in [0.05, 0.1) is 23.2 Å². The Morgan fingerprint density at radius 1 is 1.34 bits per heavy atom. The number of aliphatic carboxylic acids is 1. The van der Waals surface area contributed by atoms with Crippen molar-refractivity contribution in [2.45, 2.75) is 38.4 Å². The van der Waals surface area contributed by atoms with Crippen molar-refractivity contribution in [3.8, 4) is 0 Å². The molecule has 2 rings (SSSR count). The first kappa shape index (κ1) is 23.3. The van der Waals surface area contributed by atoms with E-state index in [4.69, 9.17) is 38.2 Å². The van der Waals surface area contributed by atoms with Crippen molar-refractivity contribution < 1.29 is 28.8 Å². The summed E-state index contributed by atoms with van der Waals surface area (Å²) in [6.45, 7) is 3.65. The normalized spacial score (nSPS) is 20.2. The number of anilines is 1. The van der Waals surface area contributed by atoms with Crippen LogP contribution in [0, 0.1) is 5.92 Å². The highest BCUT2D eigenvalue weighted by Crippen LogP contribution is 2.25. The van der Waals surface area contributed by atoms with E-state index in [1.54, 1.807) is 18.2 Å². The summed E-state index contributed by atoms with van der Waals surface area (Å²) in [5, 5.41) is 15.6. The molecule has 29 heavy (non-hydrogen) atoms. The Morgan fingerprint density at radius 3 is 2.66 bits per heavy atom. The molecule has 1 aromatic rings. The maximum absolute atomic E-state index is 12.4. The summed E-state index contributed by atoms with van der Waals surface area (Å²) in [7, 11) is -1.27. The van der Waals surface area contributed by atoms with Crippen LogP contribution < -0.4 is 16.4 Å². The third-order valence-corrected chi connectivity index (χ3v) is 4.69. The standard InChI is InChI=1S/C17H22BCl2N3O6/c1-8(2)5-12(18-28-15(16(25)26)14(21)17(27)29-18)23-13(24)7-22-11-6-9(19)3-4-10(11)20/h3-4,6,8,12,14-15,22H,5,7,21H2,1-2H3,(H,23,24)(H,25,26)/t12-,14-,15+/m0/s1. The molecule has 1 fully saturated rings. The molecule has 3 atom stereocenters. The smallest absolute Gasteiger partial charge is 0.507 e. The van der Waals surface area contributed by atoms with E-state index in [2.05, 4.69) is 10.6 Å². The van der Waals surface area contributed by atoms with E-state index in [0.717, 1.165) is 0 Å². The molecule has 158 valence electrons. The van der Waals surface area contributed by atoms with E-state index >= 15 is 0 Å². The third-order valence-electron chi connectivity index (χ3n) is 4.12. The zero-order valence-electron chi connectivity index (χ0n) is 15.9. The van der Waals surface area contributed by atoms with Gasteiger partial charge in [-0.3, -0.25) is 9.59 Å². The van der Waals surface area contributed by atoms with E-state index in [0.29, 0.717) is 22.2 Å². The number of rotatable bonds is 8. The summed E-state index contributed by atoms with van der Waals surface area (Å²) >= 11 is 12.0. The largest absolute Gasteiger partial charge is 0.552 e. The molecule has 0 aromatic heterocycles. The Morgan fingerprint density at radius 2 is 2.03 bits per heavy atom. The van der Waals surface area contributed by atoms with Gasteiger partial charge < -0.3 is 30.8 Å². The second kappa shape index (κ2) is 10.2. The van der Waals surface area contributed by atoms with Crippen LogP contribution >= 0.6 is 23.2 Å². The first-order valence-electron chi connectivity index (χ1n) is 8.91. The van der Waals surface area contributed by atoms with Gasteiger partial charge in [0.1, 0.15) is 6.04 Å². The first-order valence-corrected chi connectivity index (χ1v) is 9.66. The van der Waals surface area contributed by atoms with Crippen molar-refractivity contribution in [2.24, 2.45) is 11.7 Å². The monoisotopic (exact) mass is 445 g/mol. The highest BCUT2D eigenvalue weighted by atomic mass is 35.5. The van der Waals surface area contributed by atoms with Gasteiger partial charge in [-0.25, -0.2) is 4.79 Å². The number of hydrogen-bond acceptors (Lipinski definition) is 7. The van der Waals surface area contributed by atoms with Crippen molar-refractivity contribution in [3.63, 3.8) is 0 Å². The molecule has 1 heterocycles. The van der Waals surface area contributed by atoms with E-state index in [9.17, 15) is 19.5 Å². The molecule has 9 nitrogen and oxygen atoms in total. The van der Waals surface area contributed by atoms with Crippen LogP contribution in [0.4, 0.5) is 5.69 Å².